The summed E-state index contributed by atoms with van der Waals surface area (Å²) in [6.07, 6.45) is 2.77. The van der Waals surface area contributed by atoms with Gasteiger partial charge < -0.3 is 25.1 Å². The zero-order valence-corrected chi connectivity index (χ0v) is 15.4. The summed E-state index contributed by atoms with van der Waals surface area (Å²) in [5, 5.41) is 3.07. The number of aromatic nitrogens is 3. The van der Waals surface area contributed by atoms with Gasteiger partial charge in [-0.2, -0.15) is 0 Å². The minimum atomic E-state index is -0.386. The number of carbonyl (C=O) groups is 2. The molecule has 0 saturated carbocycles. The second kappa shape index (κ2) is 7.18. The van der Waals surface area contributed by atoms with Crippen LogP contribution in [0.4, 0.5) is 11.4 Å². The van der Waals surface area contributed by atoms with Crippen LogP contribution in [0.25, 0.3) is 11.0 Å². The van der Waals surface area contributed by atoms with Gasteiger partial charge in [0.05, 0.1) is 17.3 Å². The lowest BCUT2D eigenvalue weighted by Gasteiger charge is -2.35. The summed E-state index contributed by atoms with van der Waals surface area (Å²) in [6, 6.07) is 7.52. The Morgan fingerprint density at radius 2 is 1.93 bits per heavy atom. The van der Waals surface area contributed by atoms with Crippen molar-refractivity contribution in [2.75, 3.05) is 36.4 Å². The lowest BCUT2D eigenvalue weighted by atomic mass is 10.2. The highest BCUT2D eigenvalue weighted by atomic mass is 16.2. The van der Waals surface area contributed by atoms with Crippen LogP contribution in [-0.4, -0.2) is 57.8 Å². The van der Waals surface area contributed by atoms with Crippen molar-refractivity contribution in [3.05, 3.63) is 52.7 Å². The summed E-state index contributed by atoms with van der Waals surface area (Å²) in [7, 11) is 0. The summed E-state index contributed by atoms with van der Waals surface area (Å²) >= 11 is 0. The van der Waals surface area contributed by atoms with Gasteiger partial charge in [0.1, 0.15) is 5.65 Å². The molecule has 9 heteroatoms. The maximum absolute atomic E-state index is 12.7. The van der Waals surface area contributed by atoms with Crippen molar-refractivity contribution in [2.45, 2.75) is 6.92 Å². The number of H-pyrrole nitrogens is 2. The van der Waals surface area contributed by atoms with Crippen LogP contribution in [0.15, 0.2) is 41.6 Å². The normalized spacial score (nSPS) is 14.3. The van der Waals surface area contributed by atoms with E-state index in [1.54, 1.807) is 13.0 Å². The topological polar surface area (TPSA) is 114 Å². The van der Waals surface area contributed by atoms with Gasteiger partial charge in [-0.15, -0.1) is 0 Å². The van der Waals surface area contributed by atoms with Crippen LogP contribution in [0.1, 0.15) is 17.3 Å². The molecule has 1 saturated heterocycles. The number of nitrogens with one attached hydrogen (secondary N) is 3. The first-order valence-electron chi connectivity index (χ1n) is 8.99. The van der Waals surface area contributed by atoms with Gasteiger partial charge >= 0.3 is 0 Å². The lowest BCUT2D eigenvalue weighted by molar-refractivity contribution is -0.129. The fourth-order valence-electron chi connectivity index (χ4n) is 3.41. The van der Waals surface area contributed by atoms with Gasteiger partial charge in [0, 0.05) is 50.7 Å². The fourth-order valence-corrected chi connectivity index (χ4v) is 3.41. The first kappa shape index (κ1) is 17.8. The highest BCUT2D eigenvalue weighted by molar-refractivity contribution is 6.12. The van der Waals surface area contributed by atoms with E-state index in [0.29, 0.717) is 24.4 Å². The van der Waals surface area contributed by atoms with Crippen LogP contribution in [-0.2, 0) is 4.79 Å². The average molecular weight is 380 g/mol. The van der Waals surface area contributed by atoms with E-state index in [1.807, 2.05) is 23.1 Å². The Kier molecular flexibility index (Phi) is 4.56. The van der Waals surface area contributed by atoms with E-state index in [-0.39, 0.29) is 28.3 Å². The number of carbonyl (C=O) groups excluding carboxylic acids is 2. The molecule has 0 bridgehead atoms. The fraction of sp³-hybridized carbons (Fsp3) is 0.263. The van der Waals surface area contributed by atoms with Gasteiger partial charge in [0.15, 0.2) is 0 Å². The lowest BCUT2D eigenvalue weighted by Crippen LogP contribution is -2.48. The van der Waals surface area contributed by atoms with E-state index < -0.39 is 0 Å². The first-order valence-corrected chi connectivity index (χ1v) is 8.99. The van der Waals surface area contributed by atoms with E-state index in [0.717, 1.165) is 18.8 Å². The molecular weight excluding hydrogens is 360 g/mol. The van der Waals surface area contributed by atoms with Gasteiger partial charge in [-0.05, 0) is 18.2 Å². The van der Waals surface area contributed by atoms with Gasteiger partial charge in [-0.3, -0.25) is 14.4 Å². The molecule has 28 heavy (non-hydrogen) atoms. The minimum absolute atomic E-state index is 0.0869. The smallest absolute Gasteiger partial charge is 0.261 e. The van der Waals surface area contributed by atoms with Crippen molar-refractivity contribution < 1.29 is 9.59 Å². The summed E-state index contributed by atoms with van der Waals surface area (Å²) in [5.41, 5.74) is 1.84. The number of hydrogen-bond donors (Lipinski definition) is 3. The molecule has 0 spiro atoms. The highest BCUT2D eigenvalue weighted by Gasteiger charge is 2.20. The molecule has 3 N–H and O–H groups in total. The molecule has 9 nitrogen and oxygen atoms in total. The number of nitrogens with zero attached hydrogens (tertiary/aromatic N) is 3. The molecule has 0 aliphatic carbocycles. The third-order valence-corrected chi connectivity index (χ3v) is 4.91. The summed E-state index contributed by atoms with van der Waals surface area (Å²) in [4.78, 5) is 49.5. The molecule has 0 atom stereocenters. The molecule has 0 unspecified atom stereocenters. The predicted molar refractivity (Wildman–Crippen MR) is 106 cm³/mol. The third kappa shape index (κ3) is 3.34. The minimum Gasteiger partial charge on any atom is -0.368 e. The van der Waals surface area contributed by atoms with Crippen molar-refractivity contribution in [2.24, 2.45) is 0 Å². The van der Waals surface area contributed by atoms with Crippen molar-refractivity contribution in [3.8, 4) is 0 Å². The van der Waals surface area contributed by atoms with Crippen LogP contribution in [0, 0.1) is 0 Å². The molecule has 1 aliphatic rings. The molecule has 144 valence electrons. The van der Waals surface area contributed by atoms with Crippen LogP contribution in [0.2, 0.25) is 0 Å². The molecule has 3 aromatic rings. The van der Waals surface area contributed by atoms with Crippen LogP contribution >= 0.6 is 0 Å². The Morgan fingerprint density at radius 3 is 2.68 bits per heavy atom. The Hall–Kier alpha value is -3.62. The monoisotopic (exact) mass is 380 g/mol. The maximum atomic E-state index is 12.7. The van der Waals surface area contributed by atoms with Crippen molar-refractivity contribution in [1.82, 2.24) is 19.9 Å². The highest BCUT2D eigenvalue weighted by Crippen LogP contribution is 2.22. The molecule has 2 amide bonds. The number of hydrogen-bond acceptors (Lipinski definition) is 5. The molecule has 3 heterocycles. The second-order valence-corrected chi connectivity index (χ2v) is 6.66. The number of aromatic amines is 2. The molecule has 1 aromatic carbocycles. The quantitative estimate of drug-likeness (QED) is 0.631. The first-order chi connectivity index (χ1) is 13.5. The van der Waals surface area contributed by atoms with Crippen LogP contribution < -0.4 is 15.8 Å². The van der Waals surface area contributed by atoms with Gasteiger partial charge in [-0.1, -0.05) is 6.07 Å². The SMILES string of the molecule is CC(=O)N1CCN(c2cccc(NC(=O)c3c[nH]c4nc[nH]c(=O)c34)c2)CC1. The van der Waals surface area contributed by atoms with E-state index in [1.165, 1.54) is 12.5 Å². The second-order valence-electron chi connectivity index (χ2n) is 6.66. The van der Waals surface area contributed by atoms with Crippen molar-refractivity contribution in [1.29, 1.82) is 0 Å². The van der Waals surface area contributed by atoms with Gasteiger partial charge in [-0.25, -0.2) is 4.98 Å². The molecule has 1 fully saturated rings. The largest absolute Gasteiger partial charge is 0.368 e. The van der Waals surface area contributed by atoms with Crippen molar-refractivity contribution >= 4 is 34.2 Å². The molecule has 2 aromatic heterocycles. The maximum Gasteiger partial charge on any atom is 0.261 e. The Labute approximate surface area is 160 Å². The summed E-state index contributed by atoms with van der Waals surface area (Å²) in [5.74, 6) is -0.299. The Bertz CT molecular complexity index is 1090. The number of anilines is 2. The number of piperazine rings is 1. The predicted octanol–water partition coefficient (Wildman–Crippen LogP) is 1.17. The van der Waals surface area contributed by atoms with E-state index in [2.05, 4.69) is 25.2 Å². The third-order valence-electron chi connectivity index (χ3n) is 4.91. The molecular formula is C19H20N6O3. The zero-order chi connectivity index (χ0) is 19.7. The number of rotatable bonds is 3. The van der Waals surface area contributed by atoms with Gasteiger partial charge in [0.25, 0.3) is 11.5 Å². The Morgan fingerprint density at radius 1 is 1.14 bits per heavy atom. The standard InChI is InChI=1S/C19H20N6O3/c1-12(26)24-5-7-25(8-6-24)14-4-2-3-13(9-14)23-18(27)15-10-20-17-16(15)19(28)22-11-21-17/h2-4,9-11H,5-8H2,1H3,(H,23,27)(H2,20,21,22,28). The van der Waals surface area contributed by atoms with Gasteiger partial charge in [0.2, 0.25) is 5.91 Å². The summed E-state index contributed by atoms with van der Waals surface area (Å²) < 4.78 is 0. The molecule has 4 rings (SSSR count). The van der Waals surface area contributed by atoms with Crippen LogP contribution in [0.5, 0.6) is 0 Å². The zero-order valence-electron chi connectivity index (χ0n) is 15.4. The van der Waals surface area contributed by atoms with E-state index in [9.17, 15) is 14.4 Å². The number of benzene rings is 1. The van der Waals surface area contributed by atoms with Crippen molar-refractivity contribution in [3.63, 3.8) is 0 Å². The number of fused-ring (bicyclic) bond motifs is 1. The molecule has 0 radical (unpaired) electrons. The Balaban J connectivity index is 1.51. The molecule has 1 aliphatic heterocycles. The number of amides is 2. The van der Waals surface area contributed by atoms with E-state index in [4.69, 9.17) is 0 Å². The average Bonchev–Trinajstić information content (AvgIpc) is 3.14. The van der Waals surface area contributed by atoms with Crippen LogP contribution in [0.3, 0.4) is 0 Å². The summed E-state index contributed by atoms with van der Waals surface area (Å²) in [6.45, 7) is 4.41. The van der Waals surface area contributed by atoms with E-state index >= 15 is 0 Å².